The highest BCUT2D eigenvalue weighted by molar-refractivity contribution is 7.99. The molecular formula is C11H17NOS. The minimum absolute atomic E-state index is 0.00400. The lowest BCUT2D eigenvalue weighted by Gasteiger charge is -2.14. The number of nitrogens with one attached hydrogen (secondary N) is 1. The van der Waals surface area contributed by atoms with E-state index in [1.165, 1.54) is 4.90 Å². The smallest absolute Gasteiger partial charge is 0.133 e. The van der Waals surface area contributed by atoms with Crippen molar-refractivity contribution >= 4 is 11.8 Å². The Balaban J connectivity index is 2.71. The highest BCUT2D eigenvalue weighted by Gasteiger charge is 2.06. The van der Waals surface area contributed by atoms with Crippen molar-refractivity contribution in [2.45, 2.75) is 18.0 Å². The highest BCUT2D eigenvalue weighted by atomic mass is 32.2. The predicted molar refractivity (Wildman–Crippen MR) is 61.6 cm³/mol. The van der Waals surface area contributed by atoms with Gasteiger partial charge in [-0.25, -0.2) is 0 Å². The molecule has 0 spiro atoms. The van der Waals surface area contributed by atoms with Crippen LogP contribution < -0.4 is 5.32 Å². The largest absolute Gasteiger partial charge is 0.362 e. The second-order valence-electron chi connectivity index (χ2n) is 2.91. The third-order valence-corrected chi connectivity index (χ3v) is 2.89. The molecule has 14 heavy (non-hydrogen) atoms. The van der Waals surface area contributed by atoms with Crippen molar-refractivity contribution in [1.29, 1.82) is 0 Å². The zero-order valence-corrected chi connectivity index (χ0v) is 9.73. The van der Waals surface area contributed by atoms with Gasteiger partial charge >= 0.3 is 0 Å². The molecule has 0 aliphatic carbocycles. The van der Waals surface area contributed by atoms with Gasteiger partial charge < -0.3 is 4.74 Å². The van der Waals surface area contributed by atoms with Crippen LogP contribution in [-0.2, 0) is 4.74 Å². The molecule has 1 N–H and O–H groups in total. The van der Waals surface area contributed by atoms with Crippen LogP contribution in [0.2, 0.25) is 0 Å². The molecule has 0 heterocycles. The Kier molecular flexibility index (Phi) is 5.01. The van der Waals surface area contributed by atoms with Crippen LogP contribution in [-0.4, -0.2) is 19.9 Å². The van der Waals surface area contributed by atoms with E-state index in [4.69, 9.17) is 4.74 Å². The van der Waals surface area contributed by atoms with Crippen LogP contribution in [0.4, 0.5) is 0 Å². The Hall–Kier alpha value is -0.510. The first-order valence-electron chi connectivity index (χ1n) is 4.74. The van der Waals surface area contributed by atoms with E-state index in [1.807, 2.05) is 18.8 Å². The zero-order chi connectivity index (χ0) is 10.4. The monoisotopic (exact) mass is 211 g/mol. The van der Waals surface area contributed by atoms with Gasteiger partial charge in [0.15, 0.2) is 0 Å². The SMILES string of the molecule is CCSc1ccc(C(NC)OC)cc1. The summed E-state index contributed by atoms with van der Waals surface area (Å²) in [6, 6.07) is 8.46. The van der Waals surface area contributed by atoms with E-state index < -0.39 is 0 Å². The number of hydrogen-bond donors (Lipinski definition) is 1. The topological polar surface area (TPSA) is 21.3 Å². The van der Waals surface area contributed by atoms with Crippen molar-refractivity contribution in [3.8, 4) is 0 Å². The summed E-state index contributed by atoms with van der Waals surface area (Å²) in [5.41, 5.74) is 1.16. The maximum atomic E-state index is 5.27. The molecule has 1 rings (SSSR count). The predicted octanol–water partition coefficient (Wildman–Crippen LogP) is 2.66. The molecule has 0 saturated heterocycles. The van der Waals surface area contributed by atoms with Gasteiger partial charge in [-0.05, 0) is 30.5 Å². The molecule has 2 nitrogen and oxygen atoms in total. The number of benzene rings is 1. The van der Waals surface area contributed by atoms with Crippen LogP contribution >= 0.6 is 11.8 Å². The number of ether oxygens (including phenoxy) is 1. The lowest BCUT2D eigenvalue weighted by atomic mass is 10.2. The molecular weight excluding hydrogens is 194 g/mol. The fraction of sp³-hybridized carbons (Fsp3) is 0.455. The van der Waals surface area contributed by atoms with E-state index in [-0.39, 0.29) is 6.23 Å². The third-order valence-electron chi connectivity index (χ3n) is 1.99. The molecule has 1 unspecified atom stereocenters. The Morgan fingerprint density at radius 3 is 2.43 bits per heavy atom. The Labute approximate surface area is 90.0 Å². The fourth-order valence-electron chi connectivity index (χ4n) is 1.33. The summed E-state index contributed by atoms with van der Waals surface area (Å²) >= 11 is 1.85. The maximum Gasteiger partial charge on any atom is 0.133 e. The van der Waals surface area contributed by atoms with E-state index in [0.717, 1.165) is 11.3 Å². The van der Waals surface area contributed by atoms with Crippen LogP contribution in [0.25, 0.3) is 0 Å². The van der Waals surface area contributed by atoms with Crippen molar-refractivity contribution in [3.05, 3.63) is 29.8 Å². The molecule has 78 valence electrons. The third kappa shape index (κ3) is 3.01. The average molecular weight is 211 g/mol. The Bertz CT molecular complexity index is 256. The second kappa shape index (κ2) is 6.06. The van der Waals surface area contributed by atoms with Crippen LogP contribution in [0.5, 0.6) is 0 Å². The van der Waals surface area contributed by atoms with Crippen LogP contribution in [0.15, 0.2) is 29.2 Å². The van der Waals surface area contributed by atoms with Gasteiger partial charge in [0.1, 0.15) is 6.23 Å². The molecule has 3 heteroatoms. The second-order valence-corrected chi connectivity index (χ2v) is 4.24. The van der Waals surface area contributed by atoms with E-state index in [2.05, 4.69) is 36.5 Å². The lowest BCUT2D eigenvalue weighted by Crippen LogP contribution is -2.17. The molecule has 0 bridgehead atoms. The van der Waals surface area contributed by atoms with E-state index in [1.54, 1.807) is 7.11 Å². The molecule has 0 saturated carbocycles. The van der Waals surface area contributed by atoms with Crippen molar-refractivity contribution < 1.29 is 4.74 Å². The summed E-state index contributed by atoms with van der Waals surface area (Å²) in [5, 5.41) is 3.09. The van der Waals surface area contributed by atoms with E-state index in [0.29, 0.717) is 0 Å². The molecule has 0 amide bonds. The number of rotatable bonds is 5. The van der Waals surface area contributed by atoms with E-state index >= 15 is 0 Å². The summed E-state index contributed by atoms with van der Waals surface area (Å²) in [6.07, 6.45) is -0.00400. The number of hydrogen-bond acceptors (Lipinski definition) is 3. The van der Waals surface area contributed by atoms with Gasteiger partial charge in [0.25, 0.3) is 0 Å². The lowest BCUT2D eigenvalue weighted by molar-refractivity contribution is 0.0808. The highest BCUT2D eigenvalue weighted by Crippen LogP contribution is 2.20. The first kappa shape index (κ1) is 11.6. The van der Waals surface area contributed by atoms with Crippen molar-refractivity contribution in [2.24, 2.45) is 0 Å². The summed E-state index contributed by atoms with van der Waals surface area (Å²) < 4.78 is 5.27. The molecule has 0 aromatic heterocycles. The van der Waals surface area contributed by atoms with Crippen LogP contribution in [0.3, 0.4) is 0 Å². The molecule has 0 radical (unpaired) electrons. The van der Waals surface area contributed by atoms with Gasteiger partial charge in [-0.1, -0.05) is 19.1 Å². The number of thioether (sulfide) groups is 1. The van der Waals surface area contributed by atoms with Crippen LogP contribution in [0.1, 0.15) is 18.7 Å². The quantitative estimate of drug-likeness (QED) is 0.597. The molecule has 0 fully saturated rings. The summed E-state index contributed by atoms with van der Waals surface area (Å²) in [7, 11) is 3.60. The molecule has 0 aliphatic heterocycles. The zero-order valence-electron chi connectivity index (χ0n) is 8.91. The molecule has 1 aromatic rings. The molecule has 1 aromatic carbocycles. The Morgan fingerprint density at radius 2 is 2.00 bits per heavy atom. The molecule has 1 atom stereocenters. The minimum atomic E-state index is -0.00400. The molecule has 0 aliphatic rings. The number of methoxy groups -OCH3 is 1. The normalized spacial score (nSPS) is 12.8. The summed E-state index contributed by atoms with van der Waals surface area (Å²) in [5.74, 6) is 1.11. The van der Waals surface area contributed by atoms with Gasteiger partial charge in [-0.2, -0.15) is 0 Å². The first-order valence-corrected chi connectivity index (χ1v) is 5.73. The Morgan fingerprint density at radius 1 is 1.36 bits per heavy atom. The van der Waals surface area contributed by atoms with Gasteiger partial charge in [0, 0.05) is 12.0 Å². The fourth-order valence-corrected chi connectivity index (χ4v) is 1.99. The van der Waals surface area contributed by atoms with Crippen LogP contribution in [0, 0.1) is 0 Å². The van der Waals surface area contributed by atoms with Crippen molar-refractivity contribution in [1.82, 2.24) is 5.32 Å². The van der Waals surface area contributed by atoms with Crippen molar-refractivity contribution in [3.63, 3.8) is 0 Å². The van der Waals surface area contributed by atoms with Gasteiger partial charge in [0.05, 0.1) is 0 Å². The summed E-state index contributed by atoms with van der Waals surface area (Å²) in [6.45, 7) is 2.16. The van der Waals surface area contributed by atoms with Crippen molar-refractivity contribution in [2.75, 3.05) is 19.9 Å². The summed E-state index contributed by atoms with van der Waals surface area (Å²) in [4.78, 5) is 1.31. The standard InChI is InChI=1S/C11H17NOS/c1-4-14-10-7-5-9(6-8-10)11(12-2)13-3/h5-8,11-12H,4H2,1-3H3. The van der Waals surface area contributed by atoms with Gasteiger partial charge in [-0.15, -0.1) is 11.8 Å². The van der Waals surface area contributed by atoms with E-state index in [9.17, 15) is 0 Å². The average Bonchev–Trinajstić information content (AvgIpc) is 2.23. The van der Waals surface area contributed by atoms with Gasteiger partial charge in [0.2, 0.25) is 0 Å². The maximum absolute atomic E-state index is 5.27. The minimum Gasteiger partial charge on any atom is -0.362 e. The first-order chi connectivity index (χ1) is 6.81. The van der Waals surface area contributed by atoms with Gasteiger partial charge in [-0.3, -0.25) is 5.32 Å².